The Balaban J connectivity index is 1.49. The molecule has 2 aromatic carbocycles. The van der Waals surface area contributed by atoms with Crippen molar-refractivity contribution in [2.45, 2.75) is 19.6 Å². The Labute approximate surface area is 241 Å². The van der Waals surface area contributed by atoms with Crippen molar-refractivity contribution in [1.29, 1.82) is 0 Å². The van der Waals surface area contributed by atoms with Gasteiger partial charge in [0.15, 0.2) is 0 Å². The molecule has 216 valence electrons. The third-order valence-corrected chi connectivity index (χ3v) is 6.82. The van der Waals surface area contributed by atoms with Crippen molar-refractivity contribution in [2.24, 2.45) is 0 Å². The number of nitro groups is 1. The maximum absolute atomic E-state index is 12.1. The highest BCUT2D eigenvalue weighted by molar-refractivity contribution is 6.33. The van der Waals surface area contributed by atoms with Crippen LogP contribution in [0, 0.1) is 10.1 Å². The van der Waals surface area contributed by atoms with Gasteiger partial charge in [-0.15, -0.1) is 0 Å². The van der Waals surface area contributed by atoms with E-state index >= 15 is 0 Å². The van der Waals surface area contributed by atoms with Gasteiger partial charge in [-0.25, -0.2) is 9.97 Å². The lowest BCUT2D eigenvalue weighted by Crippen LogP contribution is -2.34. The number of ether oxygens (including phenoxy) is 4. The van der Waals surface area contributed by atoms with Gasteiger partial charge in [-0.3, -0.25) is 10.1 Å². The van der Waals surface area contributed by atoms with Crippen molar-refractivity contribution in [3.63, 3.8) is 0 Å². The van der Waals surface area contributed by atoms with E-state index < -0.39 is 11.0 Å². The third-order valence-electron chi connectivity index (χ3n) is 6.54. The Morgan fingerprint density at radius 3 is 2.85 bits per heavy atom. The average Bonchev–Trinajstić information content (AvgIpc) is 3.33. The van der Waals surface area contributed by atoms with Crippen LogP contribution in [0.15, 0.2) is 42.7 Å². The number of hydrogen-bond donors (Lipinski definition) is 1. The first-order chi connectivity index (χ1) is 19.8. The summed E-state index contributed by atoms with van der Waals surface area (Å²) in [6.07, 6.45) is 3.06. The first kappa shape index (κ1) is 28.4. The van der Waals surface area contributed by atoms with Crippen LogP contribution in [0.1, 0.15) is 6.92 Å². The summed E-state index contributed by atoms with van der Waals surface area (Å²) in [7, 11) is 5.25. The highest BCUT2D eigenvalue weighted by Crippen LogP contribution is 2.41. The molecule has 1 aliphatic rings. The standard InChI is InChI=1S/C28H31ClN6O6/c1-5-39-16-17(14-33(2)3)41-25-12-24(38-4)21(11-22(25)35(36)37)31-28-30-13-20(29)26(32-28)19-15-34-9-10-40-23-8-6-7-18(19)27(23)34/h6-8,11-13,15,17H,5,9-10,14,16H2,1-4H3,(H,30,31,32). The molecule has 4 aromatic rings. The number of likely N-dealkylation sites (N-methyl/N-ethyl adjacent to an activating group) is 1. The van der Waals surface area contributed by atoms with Crippen LogP contribution in [0.5, 0.6) is 17.2 Å². The number of methoxy groups -OCH3 is 1. The molecule has 12 nitrogen and oxygen atoms in total. The number of nitrogens with zero attached hydrogens (tertiary/aromatic N) is 5. The van der Waals surface area contributed by atoms with Crippen LogP contribution in [0.2, 0.25) is 5.02 Å². The van der Waals surface area contributed by atoms with Crippen molar-refractivity contribution in [3.05, 3.63) is 57.9 Å². The van der Waals surface area contributed by atoms with E-state index in [1.165, 1.54) is 25.4 Å². The maximum atomic E-state index is 12.1. The maximum Gasteiger partial charge on any atom is 0.313 e. The SMILES string of the molecule is CCOCC(CN(C)C)Oc1cc(OC)c(Nc2ncc(Cl)c(-c3cn4c5c(cccc35)OCC4)n2)cc1[N+](=O)[O-]. The number of aromatic nitrogens is 3. The zero-order valence-electron chi connectivity index (χ0n) is 23.2. The Hall–Kier alpha value is -4.13. The highest BCUT2D eigenvalue weighted by atomic mass is 35.5. The average molecular weight is 583 g/mol. The molecule has 0 bridgehead atoms. The monoisotopic (exact) mass is 582 g/mol. The fourth-order valence-electron chi connectivity index (χ4n) is 4.81. The van der Waals surface area contributed by atoms with Gasteiger partial charge in [-0.1, -0.05) is 23.7 Å². The van der Waals surface area contributed by atoms with E-state index in [0.717, 1.165) is 22.2 Å². The van der Waals surface area contributed by atoms with Gasteiger partial charge in [0.25, 0.3) is 0 Å². The molecule has 0 saturated heterocycles. The summed E-state index contributed by atoms with van der Waals surface area (Å²) in [5.74, 6) is 1.38. The van der Waals surface area contributed by atoms with Crippen molar-refractivity contribution < 1.29 is 23.9 Å². The number of hydrogen-bond acceptors (Lipinski definition) is 10. The summed E-state index contributed by atoms with van der Waals surface area (Å²) in [4.78, 5) is 22.5. The van der Waals surface area contributed by atoms with Crippen LogP contribution in [0.3, 0.4) is 0 Å². The number of rotatable bonds is 12. The quantitative estimate of drug-likeness (QED) is 0.177. The topological polar surface area (TPSA) is 126 Å². The van der Waals surface area contributed by atoms with E-state index in [4.69, 9.17) is 30.5 Å². The highest BCUT2D eigenvalue weighted by Gasteiger charge is 2.25. The third kappa shape index (κ3) is 5.99. The van der Waals surface area contributed by atoms with E-state index in [9.17, 15) is 10.1 Å². The molecule has 2 aromatic heterocycles. The molecule has 3 heterocycles. The summed E-state index contributed by atoms with van der Waals surface area (Å²) < 4.78 is 25.1. The Bertz CT molecular complexity index is 1580. The van der Waals surface area contributed by atoms with Crippen LogP contribution in [-0.2, 0) is 11.3 Å². The predicted octanol–water partition coefficient (Wildman–Crippen LogP) is 5.15. The number of benzene rings is 2. The molecule has 1 unspecified atom stereocenters. The summed E-state index contributed by atoms with van der Waals surface area (Å²) in [6.45, 7) is 4.44. The Morgan fingerprint density at radius 1 is 1.29 bits per heavy atom. The van der Waals surface area contributed by atoms with E-state index in [2.05, 4.69) is 19.9 Å². The number of para-hydroxylation sites is 1. The lowest BCUT2D eigenvalue weighted by atomic mass is 10.1. The first-order valence-electron chi connectivity index (χ1n) is 13.1. The van der Waals surface area contributed by atoms with Gasteiger partial charge in [0.2, 0.25) is 11.7 Å². The van der Waals surface area contributed by atoms with Crippen LogP contribution < -0.4 is 19.5 Å². The van der Waals surface area contributed by atoms with Crippen LogP contribution in [-0.4, -0.2) is 78.0 Å². The molecule has 1 N–H and O–H groups in total. The first-order valence-corrected chi connectivity index (χ1v) is 13.5. The van der Waals surface area contributed by atoms with Crippen LogP contribution in [0.4, 0.5) is 17.3 Å². The number of anilines is 2. The zero-order valence-corrected chi connectivity index (χ0v) is 24.0. The number of halogens is 1. The molecule has 0 fully saturated rings. The molecule has 41 heavy (non-hydrogen) atoms. The largest absolute Gasteiger partial charge is 0.494 e. The Kier molecular flexibility index (Phi) is 8.43. The van der Waals surface area contributed by atoms with Crippen molar-refractivity contribution in [1.82, 2.24) is 19.4 Å². The van der Waals surface area contributed by atoms with Gasteiger partial charge in [0.05, 0.1) is 53.3 Å². The molecule has 1 atom stereocenters. The summed E-state index contributed by atoms with van der Waals surface area (Å²) >= 11 is 6.57. The van der Waals surface area contributed by atoms with E-state index in [1.807, 2.05) is 50.3 Å². The molecule has 0 saturated carbocycles. The molecule has 0 amide bonds. The summed E-state index contributed by atoms with van der Waals surface area (Å²) in [6, 6.07) is 8.68. The van der Waals surface area contributed by atoms with Gasteiger partial charge in [0, 0.05) is 42.4 Å². The van der Waals surface area contributed by atoms with Crippen molar-refractivity contribution in [2.75, 3.05) is 52.9 Å². The van der Waals surface area contributed by atoms with Gasteiger partial charge in [-0.2, -0.15) is 0 Å². The summed E-state index contributed by atoms with van der Waals surface area (Å²) in [5, 5.41) is 16.4. The van der Waals surface area contributed by atoms with Gasteiger partial charge in [0.1, 0.15) is 24.2 Å². The Morgan fingerprint density at radius 2 is 2.12 bits per heavy atom. The normalized spacial score (nSPS) is 13.2. The lowest BCUT2D eigenvalue weighted by molar-refractivity contribution is -0.386. The second-order valence-corrected chi connectivity index (χ2v) is 10.1. The molecular weight excluding hydrogens is 552 g/mol. The van der Waals surface area contributed by atoms with Crippen molar-refractivity contribution in [3.8, 4) is 28.5 Å². The van der Waals surface area contributed by atoms with Crippen LogP contribution in [0.25, 0.3) is 22.2 Å². The minimum Gasteiger partial charge on any atom is -0.494 e. The minimum absolute atomic E-state index is 0.0676. The molecule has 13 heteroatoms. The van der Waals surface area contributed by atoms with Crippen molar-refractivity contribution >= 4 is 39.8 Å². The summed E-state index contributed by atoms with van der Waals surface area (Å²) in [5.41, 5.74) is 2.37. The molecule has 0 spiro atoms. The molecule has 5 rings (SSSR count). The molecular formula is C28H31ClN6O6. The van der Waals surface area contributed by atoms with Gasteiger partial charge in [-0.05, 0) is 27.1 Å². The minimum atomic E-state index is -0.503. The number of nitrogens with one attached hydrogen (secondary N) is 1. The second kappa shape index (κ2) is 12.2. The van der Waals surface area contributed by atoms with Gasteiger partial charge < -0.3 is 33.7 Å². The lowest BCUT2D eigenvalue weighted by Gasteiger charge is -2.23. The fraction of sp³-hybridized carbons (Fsp3) is 0.357. The van der Waals surface area contributed by atoms with E-state index in [1.54, 1.807) is 0 Å². The predicted molar refractivity (Wildman–Crippen MR) is 156 cm³/mol. The molecule has 1 aliphatic heterocycles. The smallest absolute Gasteiger partial charge is 0.313 e. The zero-order chi connectivity index (χ0) is 29.1. The molecule has 0 radical (unpaired) electrons. The van der Waals surface area contributed by atoms with E-state index in [-0.39, 0.29) is 24.0 Å². The fourth-order valence-corrected chi connectivity index (χ4v) is 5.00. The van der Waals surface area contributed by atoms with Crippen LogP contribution >= 0.6 is 11.6 Å². The second-order valence-electron chi connectivity index (χ2n) is 9.69. The number of nitro benzene ring substituents is 1. The van der Waals surface area contributed by atoms with Gasteiger partial charge >= 0.3 is 5.69 Å². The molecule has 0 aliphatic carbocycles. The van der Waals surface area contributed by atoms with E-state index in [0.29, 0.717) is 48.5 Å².